The zero-order valence-corrected chi connectivity index (χ0v) is 17.5. The fourth-order valence-electron chi connectivity index (χ4n) is 2.60. The second kappa shape index (κ2) is 8.22. The fraction of sp³-hybridized carbons (Fsp3) is 0.647. The standard InChI is InChI=1S/C17H28N4O2.HI/c1-6-18-15(21-12-16(2,3)17(21,4)5)20-11-14(22)19-10-13-8-7-9-23-13;/h7-9H,6,10-12H2,1-5H3,(H,18,20)(H,19,22);1H. The van der Waals surface area contributed by atoms with E-state index >= 15 is 0 Å². The van der Waals surface area contributed by atoms with E-state index in [0.717, 1.165) is 24.8 Å². The second-order valence-electron chi connectivity index (χ2n) is 7.06. The third-order valence-electron chi connectivity index (χ3n) is 4.89. The number of halogens is 1. The van der Waals surface area contributed by atoms with Crippen LogP contribution in [0.4, 0.5) is 0 Å². The van der Waals surface area contributed by atoms with E-state index in [0.29, 0.717) is 6.54 Å². The number of nitrogens with zero attached hydrogens (tertiary/aromatic N) is 2. The number of hydrogen-bond donors (Lipinski definition) is 2. The second-order valence-corrected chi connectivity index (χ2v) is 7.06. The van der Waals surface area contributed by atoms with Crippen molar-refractivity contribution in [3.8, 4) is 0 Å². The maximum absolute atomic E-state index is 12.0. The molecule has 0 radical (unpaired) electrons. The molecule has 1 amide bonds. The van der Waals surface area contributed by atoms with E-state index in [2.05, 4.69) is 48.2 Å². The van der Waals surface area contributed by atoms with Crippen molar-refractivity contribution in [1.29, 1.82) is 0 Å². The highest BCUT2D eigenvalue weighted by Crippen LogP contribution is 2.46. The van der Waals surface area contributed by atoms with E-state index in [1.807, 2.05) is 13.0 Å². The Balaban J connectivity index is 0.00000288. The molecular weight excluding hydrogens is 419 g/mol. The highest BCUT2D eigenvalue weighted by molar-refractivity contribution is 14.0. The Morgan fingerprint density at radius 3 is 2.54 bits per heavy atom. The molecule has 7 heteroatoms. The summed E-state index contributed by atoms with van der Waals surface area (Å²) in [6, 6.07) is 3.63. The van der Waals surface area contributed by atoms with Crippen LogP contribution in [0.2, 0.25) is 0 Å². The molecule has 6 nitrogen and oxygen atoms in total. The number of likely N-dealkylation sites (tertiary alicyclic amines) is 1. The molecule has 0 atom stereocenters. The Hall–Kier alpha value is -1.25. The zero-order chi connectivity index (χ0) is 17.1. The summed E-state index contributed by atoms with van der Waals surface area (Å²) in [4.78, 5) is 18.7. The first kappa shape index (κ1) is 20.8. The van der Waals surface area contributed by atoms with E-state index in [4.69, 9.17) is 4.42 Å². The number of guanidine groups is 1. The summed E-state index contributed by atoms with van der Waals surface area (Å²) < 4.78 is 5.19. The van der Waals surface area contributed by atoms with Gasteiger partial charge in [-0.3, -0.25) is 4.79 Å². The number of amides is 1. The van der Waals surface area contributed by atoms with Crippen molar-refractivity contribution in [1.82, 2.24) is 15.5 Å². The molecule has 0 bridgehead atoms. The molecule has 24 heavy (non-hydrogen) atoms. The Morgan fingerprint density at radius 1 is 1.33 bits per heavy atom. The number of carbonyl (C=O) groups is 1. The van der Waals surface area contributed by atoms with Crippen molar-refractivity contribution in [2.75, 3.05) is 19.6 Å². The number of nitrogens with one attached hydrogen (secondary N) is 2. The molecule has 1 aliphatic heterocycles. The molecule has 0 aliphatic carbocycles. The first-order chi connectivity index (χ1) is 10.8. The fourth-order valence-corrected chi connectivity index (χ4v) is 2.60. The highest BCUT2D eigenvalue weighted by atomic mass is 127. The molecule has 2 N–H and O–H groups in total. The zero-order valence-electron chi connectivity index (χ0n) is 15.2. The van der Waals surface area contributed by atoms with Gasteiger partial charge in [-0.1, -0.05) is 13.8 Å². The van der Waals surface area contributed by atoms with Crippen LogP contribution in [0.5, 0.6) is 0 Å². The Bertz CT molecular complexity index is 567. The molecule has 1 saturated heterocycles. The third kappa shape index (κ3) is 4.43. The summed E-state index contributed by atoms with van der Waals surface area (Å²) >= 11 is 0. The van der Waals surface area contributed by atoms with Crippen molar-refractivity contribution in [3.63, 3.8) is 0 Å². The van der Waals surface area contributed by atoms with Gasteiger partial charge in [-0.15, -0.1) is 24.0 Å². The van der Waals surface area contributed by atoms with Gasteiger partial charge in [0.25, 0.3) is 0 Å². The van der Waals surface area contributed by atoms with Crippen LogP contribution in [0.25, 0.3) is 0 Å². The molecule has 2 rings (SSSR count). The molecule has 0 saturated carbocycles. The first-order valence-corrected chi connectivity index (χ1v) is 8.13. The monoisotopic (exact) mass is 448 g/mol. The molecular formula is C17H29IN4O2. The summed E-state index contributed by atoms with van der Waals surface area (Å²) in [6.45, 7) is 13.2. The van der Waals surface area contributed by atoms with Crippen molar-refractivity contribution >= 4 is 35.8 Å². The van der Waals surface area contributed by atoms with Crippen LogP contribution in [-0.2, 0) is 11.3 Å². The highest BCUT2D eigenvalue weighted by Gasteiger charge is 2.53. The summed E-state index contributed by atoms with van der Waals surface area (Å²) in [6.07, 6.45) is 1.59. The molecule has 1 fully saturated rings. The van der Waals surface area contributed by atoms with Crippen molar-refractivity contribution in [2.45, 2.75) is 46.7 Å². The van der Waals surface area contributed by atoms with Crippen LogP contribution >= 0.6 is 24.0 Å². The Morgan fingerprint density at radius 2 is 2.04 bits per heavy atom. The summed E-state index contributed by atoms with van der Waals surface area (Å²) in [5.41, 5.74) is 0.239. The minimum atomic E-state index is -0.116. The van der Waals surface area contributed by atoms with Gasteiger partial charge in [0.05, 0.1) is 12.8 Å². The van der Waals surface area contributed by atoms with Crippen molar-refractivity contribution < 1.29 is 9.21 Å². The Labute approximate surface area is 161 Å². The minimum absolute atomic E-state index is 0. The largest absolute Gasteiger partial charge is 0.467 e. The SMILES string of the molecule is CCNC(=NCC(=O)NCc1ccco1)N1CC(C)(C)C1(C)C.I. The molecule has 1 aliphatic rings. The lowest BCUT2D eigenvalue weighted by atomic mass is 9.65. The predicted octanol–water partition coefficient (Wildman–Crippen LogP) is 2.60. The third-order valence-corrected chi connectivity index (χ3v) is 4.89. The quantitative estimate of drug-likeness (QED) is 0.413. The van der Waals surface area contributed by atoms with Crippen LogP contribution in [-0.4, -0.2) is 41.9 Å². The van der Waals surface area contributed by atoms with Crippen LogP contribution in [0, 0.1) is 5.41 Å². The van der Waals surface area contributed by atoms with Gasteiger partial charge in [0.1, 0.15) is 12.3 Å². The normalized spacial score (nSPS) is 18.4. The molecule has 2 heterocycles. The minimum Gasteiger partial charge on any atom is -0.467 e. The predicted molar refractivity (Wildman–Crippen MR) is 107 cm³/mol. The number of aliphatic imine (C=N–C) groups is 1. The van der Waals surface area contributed by atoms with Crippen LogP contribution in [0.3, 0.4) is 0 Å². The topological polar surface area (TPSA) is 69.9 Å². The van der Waals surface area contributed by atoms with Gasteiger partial charge >= 0.3 is 0 Å². The van der Waals surface area contributed by atoms with E-state index in [1.165, 1.54) is 0 Å². The number of hydrogen-bond acceptors (Lipinski definition) is 3. The first-order valence-electron chi connectivity index (χ1n) is 8.13. The van der Waals surface area contributed by atoms with Crippen molar-refractivity contribution in [2.24, 2.45) is 10.4 Å². The summed E-state index contributed by atoms with van der Waals surface area (Å²) in [5.74, 6) is 1.42. The molecule has 0 aromatic carbocycles. The molecule has 0 spiro atoms. The lowest BCUT2D eigenvalue weighted by Gasteiger charge is -2.62. The van der Waals surface area contributed by atoms with Gasteiger partial charge in [0, 0.05) is 24.0 Å². The Kier molecular flexibility index (Phi) is 7.12. The number of carbonyl (C=O) groups excluding carboxylic acids is 1. The lowest BCUT2D eigenvalue weighted by Crippen LogP contribution is -2.72. The number of rotatable bonds is 5. The average Bonchev–Trinajstić information content (AvgIpc) is 3.00. The van der Waals surface area contributed by atoms with Gasteiger partial charge < -0.3 is 20.0 Å². The maximum atomic E-state index is 12.0. The summed E-state index contributed by atoms with van der Waals surface area (Å²) in [7, 11) is 0. The summed E-state index contributed by atoms with van der Waals surface area (Å²) in [5, 5.41) is 6.09. The molecule has 1 aromatic rings. The van der Waals surface area contributed by atoms with Gasteiger partial charge in [0.15, 0.2) is 5.96 Å². The van der Waals surface area contributed by atoms with Gasteiger partial charge in [-0.25, -0.2) is 4.99 Å². The maximum Gasteiger partial charge on any atom is 0.242 e. The average molecular weight is 448 g/mol. The van der Waals surface area contributed by atoms with Gasteiger partial charge in [0.2, 0.25) is 5.91 Å². The van der Waals surface area contributed by atoms with E-state index in [-0.39, 0.29) is 47.4 Å². The van der Waals surface area contributed by atoms with Gasteiger partial charge in [-0.05, 0) is 32.9 Å². The van der Waals surface area contributed by atoms with E-state index < -0.39 is 0 Å². The molecule has 0 unspecified atom stereocenters. The molecule has 136 valence electrons. The smallest absolute Gasteiger partial charge is 0.242 e. The van der Waals surface area contributed by atoms with Crippen LogP contribution in [0.1, 0.15) is 40.4 Å². The van der Waals surface area contributed by atoms with Crippen LogP contribution in [0.15, 0.2) is 27.8 Å². The van der Waals surface area contributed by atoms with Crippen LogP contribution < -0.4 is 10.6 Å². The van der Waals surface area contributed by atoms with Gasteiger partial charge in [-0.2, -0.15) is 0 Å². The van der Waals surface area contributed by atoms with Crippen molar-refractivity contribution in [3.05, 3.63) is 24.2 Å². The van der Waals surface area contributed by atoms with E-state index in [1.54, 1.807) is 12.3 Å². The number of furan rings is 1. The lowest BCUT2D eigenvalue weighted by molar-refractivity contribution is -0.120. The molecule has 1 aromatic heterocycles. The van der Waals surface area contributed by atoms with E-state index in [9.17, 15) is 4.79 Å².